The standard InChI is InChI=1S/C17H20N2O4/c1-22-10-13(20)9-18-16(21)14-15(11-7-8-11)23-17(19-14)12-5-3-2-4-6-12/h2-6,11,13,20H,7-10H2,1H3,(H,18,21). The molecule has 1 fully saturated rings. The summed E-state index contributed by atoms with van der Waals surface area (Å²) in [4.78, 5) is 16.7. The zero-order valence-corrected chi connectivity index (χ0v) is 13.0. The Morgan fingerprint density at radius 3 is 2.83 bits per heavy atom. The number of oxazole rings is 1. The van der Waals surface area contributed by atoms with Gasteiger partial charge in [-0.05, 0) is 25.0 Å². The van der Waals surface area contributed by atoms with Crippen molar-refractivity contribution in [2.45, 2.75) is 24.9 Å². The molecule has 1 aromatic heterocycles. The van der Waals surface area contributed by atoms with Crippen LogP contribution in [0.25, 0.3) is 11.5 Å². The zero-order valence-electron chi connectivity index (χ0n) is 13.0. The number of carbonyl (C=O) groups excluding carboxylic acids is 1. The molecule has 0 aliphatic heterocycles. The number of aromatic nitrogens is 1. The lowest BCUT2D eigenvalue weighted by Crippen LogP contribution is -2.34. The Kier molecular flexibility index (Phi) is 4.73. The van der Waals surface area contributed by atoms with Crippen molar-refractivity contribution in [3.8, 4) is 11.5 Å². The van der Waals surface area contributed by atoms with Crippen LogP contribution < -0.4 is 5.32 Å². The van der Waals surface area contributed by atoms with Crippen molar-refractivity contribution < 1.29 is 19.1 Å². The molecule has 6 nitrogen and oxygen atoms in total. The SMILES string of the molecule is COCC(O)CNC(=O)c1nc(-c2ccccc2)oc1C1CC1. The summed E-state index contributed by atoms with van der Waals surface area (Å²) >= 11 is 0. The third-order valence-corrected chi connectivity index (χ3v) is 3.69. The monoisotopic (exact) mass is 316 g/mol. The number of carbonyl (C=O) groups is 1. The molecule has 0 spiro atoms. The Bertz CT molecular complexity index is 664. The fraction of sp³-hybridized carbons (Fsp3) is 0.412. The van der Waals surface area contributed by atoms with Gasteiger partial charge in [0.15, 0.2) is 5.69 Å². The molecule has 1 heterocycles. The smallest absolute Gasteiger partial charge is 0.273 e. The van der Waals surface area contributed by atoms with E-state index >= 15 is 0 Å². The van der Waals surface area contributed by atoms with Crippen molar-refractivity contribution in [3.05, 3.63) is 41.8 Å². The van der Waals surface area contributed by atoms with Gasteiger partial charge in [0, 0.05) is 25.1 Å². The van der Waals surface area contributed by atoms with Crippen LogP contribution in [0.2, 0.25) is 0 Å². The average molecular weight is 316 g/mol. The van der Waals surface area contributed by atoms with Gasteiger partial charge in [-0.1, -0.05) is 18.2 Å². The minimum Gasteiger partial charge on any atom is -0.440 e. The van der Waals surface area contributed by atoms with E-state index in [4.69, 9.17) is 9.15 Å². The number of hydrogen-bond acceptors (Lipinski definition) is 5. The molecule has 1 saturated carbocycles. The molecule has 0 saturated heterocycles. The van der Waals surface area contributed by atoms with Gasteiger partial charge in [0.2, 0.25) is 5.89 Å². The molecule has 2 aromatic rings. The van der Waals surface area contributed by atoms with E-state index in [1.807, 2.05) is 30.3 Å². The molecule has 1 aliphatic carbocycles. The van der Waals surface area contributed by atoms with Crippen molar-refractivity contribution >= 4 is 5.91 Å². The maximum atomic E-state index is 12.4. The maximum Gasteiger partial charge on any atom is 0.273 e. The number of aliphatic hydroxyl groups excluding tert-OH is 1. The third-order valence-electron chi connectivity index (χ3n) is 3.69. The van der Waals surface area contributed by atoms with Crippen LogP contribution in [0.3, 0.4) is 0 Å². The van der Waals surface area contributed by atoms with Gasteiger partial charge in [0.05, 0.1) is 12.7 Å². The normalized spacial score (nSPS) is 15.4. The number of hydrogen-bond donors (Lipinski definition) is 2. The third kappa shape index (κ3) is 3.78. The highest BCUT2D eigenvalue weighted by molar-refractivity contribution is 5.94. The van der Waals surface area contributed by atoms with E-state index in [2.05, 4.69) is 10.3 Å². The number of nitrogens with one attached hydrogen (secondary N) is 1. The predicted molar refractivity (Wildman–Crippen MR) is 84.1 cm³/mol. The van der Waals surface area contributed by atoms with Crippen molar-refractivity contribution in [2.75, 3.05) is 20.3 Å². The minimum absolute atomic E-state index is 0.115. The van der Waals surface area contributed by atoms with Gasteiger partial charge in [0.25, 0.3) is 5.91 Å². The summed E-state index contributed by atoms with van der Waals surface area (Å²) in [5.41, 5.74) is 1.16. The van der Waals surface area contributed by atoms with Gasteiger partial charge >= 0.3 is 0 Å². The van der Waals surface area contributed by atoms with E-state index in [0.717, 1.165) is 18.4 Å². The molecule has 1 amide bonds. The van der Waals surface area contributed by atoms with Crippen LogP contribution >= 0.6 is 0 Å². The van der Waals surface area contributed by atoms with Crippen LogP contribution in [-0.4, -0.2) is 42.4 Å². The van der Waals surface area contributed by atoms with Gasteiger partial charge in [-0.2, -0.15) is 0 Å². The Balaban J connectivity index is 1.78. The van der Waals surface area contributed by atoms with Gasteiger partial charge in [-0.15, -0.1) is 0 Å². The van der Waals surface area contributed by atoms with E-state index in [1.165, 1.54) is 7.11 Å². The average Bonchev–Trinajstić information content (AvgIpc) is 3.32. The van der Waals surface area contributed by atoms with E-state index in [1.54, 1.807) is 0 Å². The van der Waals surface area contributed by atoms with Crippen molar-refractivity contribution in [1.82, 2.24) is 10.3 Å². The molecule has 6 heteroatoms. The summed E-state index contributed by atoms with van der Waals surface area (Å²) in [6.07, 6.45) is 1.28. The van der Waals surface area contributed by atoms with E-state index in [9.17, 15) is 9.90 Å². The van der Waals surface area contributed by atoms with Crippen LogP contribution in [0.15, 0.2) is 34.7 Å². The molecular weight excluding hydrogens is 296 g/mol. The minimum atomic E-state index is -0.742. The zero-order chi connectivity index (χ0) is 16.2. The molecule has 0 radical (unpaired) electrons. The van der Waals surface area contributed by atoms with Crippen LogP contribution in [0, 0.1) is 0 Å². The summed E-state index contributed by atoms with van der Waals surface area (Å²) in [6, 6.07) is 9.51. The lowest BCUT2D eigenvalue weighted by molar-refractivity contribution is 0.0608. The predicted octanol–water partition coefficient (Wildman–Crippen LogP) is 1.96. The molecule has 0 bridgehead atoms. The Hall–Kier alpha value is -2.18. The van der Waals surface area contributed by atoms with Crippen LogP contribution in [0.5, 0.6) is 0 Å². The molecule has 122 valence electrons. The summed E-state index contributed by atoms with van der Waals surface area (Å²) in [7, 11) is 1.50. The number of benzene rings is 1. The van der Waals surface area contributed by atoms with Gasteiger partial charge in [-0.25, -0.2) is 4.98 Å². The molecule has 1 unspecified atom stereocenters. The Morgan fingerprint density at radius 1 is 1.43 bits per heavy atom. The van der Waals surface area contributed by atoms with E-state index < -0.39 is 6.10 Å². The van der Waals surface area contributed by atoms with E-state index in [-0.39, 0.29) is 25.0 Å². The second-order valence-corrected chi connectivity index (χ2v) is 5.69. The molecule has 1 aliphatic rings. The van der Waals surface area contributed by atoms with Crippen molar-refractivity contribution in [1.29, 1.82) is 0 Å². The largest absolute Gasteiger partial charge is 0.440 e. The summed E-state index contributed by atoms with van der Waals surface area (Å²) in [5, 5.41) is 12.3. The fourth-order valence-corrected chi connectivity index (χ4v) is 2.37. The quantitative estimate of drug-likeness (QED) is 0.815. The van der Waals surface area contributed by atoms with Crippen LogP contribution in [0.1, 0.15) is 35.0 Å². The molecule has 23 heavy (non-hydrogen) atoms. The Morgan fingerprint density at radius 2 is 2.17 bits per heavy atom. The molecule has 2 N–H and O–H groups in total. The second-order valence-electron chi connectivity index (χ2n) is 5.69. The maximum absolute atomic E-state index is 12.4. The van der Waals surface area contributed by atoms with Crippen LogP contribution in [-0.2, 0) is 4.74 Å². The molecule has 1 aromatic carbocycles. The van der Waals surface area contributed by atoms with Crippen molar-refractivity contribution in [3.63, 3.8) is 0 Å². The number of nitrogens with zero attached hydrogens (tertiary/aromatic N) is 1. The first-order valence-corrected chi connectivity index (χ1v) is 7.70. The molecular formula is C17H20N2O4. The van der Waals surface area contributed by atoms with Gasteiger partial charge < -0.3 is 19.6 Å². The number of aliphatic hydroxyl groups is 1. The Labute approximate surface area is 134 Å². The first-order chi connectivity index (χ1) is 11.2. The van der Waals surface area contributed by atoms with Gasteiger partial charge in [-0.3, -0.25) is 4.79 Å². The highest BCUT2D eigenvalue weighted by Crippen LogP contribution is 2.43. The summed E-state index contributed by atoms with van der Waals surface area (Å²) < 4.78 is 10.7. The highest BCUT2D eigenvalue weighted by Gasteiger charge is 2.34. The summed E-state index contributed by atoms with van der Waals surface area (Å²) in [5.74, 6) is 1.04. The van der Waals surface area contributed by atoms with Crippen LogP contribution in [0.4, 0.5) is 0 Å². The number of rotatable bonds is 7. The second kappa shape index (κ2) is 6.93. The lowest BCUT2D eigenvalue weighted by atomic mass is 10.2. The van der Waals surface area contributed by atoms with Gasteiger partial charge in [0.1, 0.15) is 5.76 Å². The topological polar surface area (TPSA) is 84.6 Å². The number of methoxy groups -OCH3 is 1. The lowest BCUT2D eigenvalue weighted by Gasteiger charge is -2.09. The summed E-state index contributed by atoms with van der Waals surface area (Å²) in [6.45, 7) is 0.286. The highest BCUT2D eigenvalue weighted by atomic mass is 16.5. The molecule has 1 atom stereocenters. The first kappa shape index (κ1) is 15.7. The van der Waals surface area contributed by atoms with Crippen molar-refractivity contribution in [2.24, 2.45) is 0 Å². The number of ether oxygens (including phenoxy) is 1. The van der Waals surface area contributed by atoms with E-state index in [0.29, 0.717) is 17.3 Å². The number of amides is 1. The molecule has 3 rings (SSSR count). The first-order valence-electron chi connectivity index (χ1n) is 7.70. The fourth-order valence-electron chi connectivity index (χ4n) is 2.37.